The molecule has 2 aromatic rings. The van der Waals surface area contributed by atoms with Crippen LogP contribution < -0.4 is 15.4 Å². The van der Waals surface area contributed by atoms with Gasteiger partial charge in [0, 0.05) is 12.6 Å². The average Bonchev–Trinajstić information content (AvgIpc) is 2.62. The largest absolute Gasteiger partial charge is 0.348 e. The second kappa shape index (κ2) is 8.79. The Morgan fingerprint density at radius 2 is 1.52 bits per heavy atom. The third kappa shape index (κ3) is 5.90. The first-order valence-corrected chi connectivity index (χ1v) is 9.92. The van der Waals surface area contributed by atoms with Gasteiger partial charge in [0.05, 0.1) is 17.0 Å². The molecule has 2 rings (SSSR count). The Hall–Kier alpha value is -2.71. The molecule has 0 aliphatic carbocycles. The van der Waals surface area contributed by atoms with Gasteiger partial charge in [-0.15, -0.1) is 0 Å². The van der Waals surface area contributed by atoms with Gasteiger partial charge in [0.1, 0.15) is 0 Å². The Kier molecular flexibility index (Phi) is 6.70. The lowest BCUT2D eigenvalue weighted by molar-refractivity contribution is -0.123. The summed E-state index contributed by atoms with van der Waals surface area (Å²) in [4.78, 5) is 23.4. The maximum absolute atomic E-state index is 12.5. The maximum atomic E-state index is 12.5. The summed E-state index contributed by atoms with van der Waals surface area (Å²) >= 11 is 0. The normalized spacial score (nSPS) is 13.4. The monoisotopic (exact) mass is 389 g/mol. The summed E-state index contributed by atoms with van der Waals surface area (Å²) in [6, 6.07) is 13.9. The number of hydrogen-bond acceptors (Lipinski definition) is 4. The molecule has 0 unspecified atom stereocenters. The third-order valence-electron chi connectivity index (χ3n) is 3.87. The van der Waals surface area contributed by atoms with E-state index in [1.54, 1.807) is 0 Å². The molecule has 0 radical (unpaired) electrons. The van der Waals surface area contributed by atoms with Gasteiger partial charge in [0.2, 0.25) is 21.8 Å². The number of benzene rings is 2. The van der Waals surface area contributed by atoms with E-state index < -0.39 is 22.0 Å². The predicted octanol–water partition coefficient (Wildman–Crippen LogP) is 2.19. The van der Waals surface area contributed by atoms with Crippen LogP contribution in [0.2, 0.25) is 0 Å². The minimum atomic E-state index is -3.87. The van der Waals surface area contributed by atoms with Crippen molar-refractivity contribution in [3.05, 3.63) is 60.2 Å². The van der Waals surface area contributed by atoms with Gasteiger partial charge in [-0.05, 0) is 43.7 Å². The summed E-state index contributed by atoms with van der Waals surface area (Å²) in [6.07, 6.45) is 0. The number of amides is 2. The summed E-state index contributed by atoms with van der Waals surface area (Å²) in [6.45, 7) is 4.68. The molecule has 27 heavy (non-hydrogen) atoms. The van der Waals surface area contributed by atoms with E-state index in [0.29, 0.717) is 5.69 Å². The van der Waals surface area contributed by atoms with E-state index in [2.05, 4.69) is 15.4 Å². The molecule has 0 aromatic heterocycles. The van der Waals surface area contributed by atoms with Crippen LogP contribution in [0, 0.1) is 0 Å². The first-order valence-electron chi connectivity index (χ1n) is 8.44. The lowest BCUT2D eigenvalue weighted by atomic mass is 10.1. The van der Waals surface area contributed by atoms with Gasteiger partial charge in [0.15, 0.2) is 0 Å². The van der Waals surface area contributed by atoms with Crippen molar-refractivity contribution in [2.75, 3.05) is 5.32 Å². The number of carbonyl (C=O) groups excluding carboxylic acids is 2. The third-order valence-corrected chi connectivity index (χ3v) is 5.43. The van der Waals surface area contributed by atoms with Gasteiger partial charge in [-0.2, -0.15) is 4.72 Å². The predicted molar refractivity (Wildman–Crippen MR) is 104 cm³/mol. The van der Waals surface area contributed by atoms with Crippen molar-refractivity contribution in [1.82, 2.24) is 10.0 Å². The Labute approximate surface area is 159 Å². The van der Waals surface area contributed by atoms with Gasteiger partial charge >= 0.3 is 0 Å². The smallest absolute Gasteiger partial charge is 0.241 e. The fourth-order valence-electron chi connectivity index (χ4n) is 2.44. The minimum absolute atomic E-state index is 0.00681. The first kappa shape index (κ1) is 20.6. The van der Waals surface area contributed by atoms with Crippen molar-refractivity contribution in [3.8, 4) is 0 Å². The van der Waals surface area contributed by atoms with Gasteiger partial charge < -0.3 is 10.6 Å². The first-order chi connectivity index (χ1) is 12.7. The standard InChI is InChI=1S/C19H23N3O4S/c1-13(16-7-5-4-6-8-16)20-19(24)14(2)22-27(25,26)18-11-9-17(10-12-18)21-15(3)23/h4-14,22H,1-3H3,(H,20,24)(H,21,23)/t13-,14+/m1/s1. The molecule has 2 aromatic carbocycles. The van der Waals surface area contributed by atoms with E-state index in [-0.39, 0.29) is 16.8 Å². The molecule has 144 valence electrons. The number of anilines is 1. The summed E-state index contributed by atoms with van der Waals surface area (Å²) < 4.78 is 27.3. The highest BCUT2D eigenvalue weighted by atomic mass is 32.2. The molecule has 0 aliphatic rings. The molecule has 0 fully saturated rings. The van der Waals surface area contributed by atoms with E-state index in [4.69, 9.17) is 0 Å². The lowest BCUT2D eigenvalue weighted by Crippen LogP contribution is -2.45. The van der Waals surface area contributed by atoms with Crippen LogP contribution in [0.15, 0.2) is 59.5 Å². The Bertz CT molecular complexity index is 896. The van der Waals surface area contributed by atoms with E-state index in [1.807, 2.05) is 37.3 Å². The second-order valence-corrected chi connectivity index (χ2v) is 7.90. The van der Waals surface area contributed by atoms with Gasteiger partial charge in [-0.25, -0.2) is 8.42 Å². The minimum Gasteiger partial charge on any atom is -0.348 e. The van der Waals surface area contributed by atoms with E-state index in [0.717, 1.165) is 5.56 Å². The molecule has 2 amide bonds. The van der Waals surface area contributed by atoms with Crippen LogP contribution in [-0.4, -0.2) is 26.3 Å². The summed E-state index contributed by atoms with van der Waals surface area (Å²) in [7, 11) is -3.87. The number of rotatable bonds is 7. The van der Waals surface area contributed by atoms with Gasteiger partial charge in [-0.3, -0.25) is 9.59 Å². The number of nitrogens with one attached hydrogen (secondary N) is 3. The summed E-state index contributed by atoms with van der Waals surface area (Å²) in [5.74, 6) is -0.675. The molecule has 7 nitrogen and oxygen atoms in total. The fourth-order valence-corrected chi connectivity index (χ4v) is 3.64. The zero-order chi connectivity index (χ0) is 20.0. The van der Waals surface area contributed by atoms with E-state index in [1.165, 1.54) is 38.1 Å². The van der Waals surface area contributed by atoms with Crippen molar-refractivity contribution in [2.24, 2.45) is 0 Å². The summed E-state index contributed by atoms with van der Waals surface area (Å²) in [5.41, 5.74) is 1.42. The van der Waals surface area contributed by atoms with Crippen LogP contribution in [0.4, 0.5) is 5.69 Å². The topological polar surface area (TPSA) is 104 Å². The molecule has 2 atom stereocenters. The van der Waals surface area contributed by atoms with Crippen LogP contribution >= 0.6 is 0 Å². The highest BCUT2D eigenvalue weighted by Gasteiger charge is 2.23. The molecule has 0 spiro atoms. The number of hydrogen-bond donors (Lipinski definition) is 3. The van der Waals surface area contributed by atoms with Crippen molar-refractivity contribution in [1.29, 1.82) is 0 Å². The van der Waals surface area contributed by atoms with Crippen LogP contribution in [0.1, 0.15) is 32.4 Å². The maximum Gasteiger partial charge on any atom is 0.241 e. The van der Waals surface area contributed by atoms with Crippen molar-refractivity contribution < 1.29 is 18.0 Å². The fraction of sp³-hybridized carbons (Fsp3) is 0.263. The molecule has 8 heteroatoms. The van der Waals surface area contributed by atoms with Crippen LogP contribution in [-0.2, 0) is 19.6 Å². The molecular formula is C19H23N3O4S. The zero-order valence-corrected chi connectivity index (χ0v) is 16.2. The van der Waals surface area contributed by atoms with E-state index in [9.17, 15) is 18.0 Å². The van der Waals surface area contributed by atoms with Crippen molar-refractivity contribution in [2.45, 2.75) is 37.8 Å². The van der Waals surface area contributed by atoms with Crippen LogP contribution in [0.5, 0.6) is 0 Å². The molecule has 0 saturated heterocycles. The molecule has 3 N–H and O–H groups in total. The molecule has 0 saturated carbocycles. The molecular weight excluding hydrogens is 366 g/mol. The molecule has 0 aliphatic heterocycles. The molecule has 0 bridgehead atoms. The number of carbonyl (C=O) groups is 2. The summed E-state index contributed by atoms with van der Waals surface area (Å²) in [5, 5.41) is 5.35. The Balaban J connectivity index is 2.01. The van der Waals surface area contributed by atoms with Gasteiger partial charge in [-0.1, -0.05) is 30.3 Å². The highest BCUT2D eigenvalue weighted by molar-refractivity contribution is 7.89. The average molecular weight is 389 g/mol. The Morgan fingerprint density at radius 1 is 0.926 bits per heavy atom. The van der Waals surface area contributed by atoms with Crippen LogP contribution in [0.25, 0.3) is 0 Å². The van der Waals surface area contributed by atoms with E-state index >= 15 is 0 Å². The SMILES string of the molecule is CC(=O)Nc1ccc(S(=O)(=O)N[C@@H](C)C(=O)N[C@H](C)c2ccccc2)cc1. The van der Waals surface area contributed by atoms with Crippen molar-refractivity contribution in [3.63, 3.8) is 0 Å². The second-order valence-electron chi connectivity index (χ2n) is 6.19. The van der Waals surface area contributed by atoms with Crippen LogP contribution in [0.3, 0.4) is 0 Å². The number of sulfonamides is 1. The Morgan fingerprint density at radius 3 is 2.07 bits per heavy atom. The zero-order valence-electron chi connectivity index (χ0n) is 15.4. The van der Waals surface area contributed by atoms with Crippen molar-refractivity contribution >= 4 is 27.5 Å². The quantitative estimate of drug-likeness (QED) is 0.675. The van der Waals surface area contributed by atoms with Gasteiger partial charge in [0.25, 0.3) is 0 Å². The highest BCUT2D eigenvalue weighted by Crippen LogP contribution is 2.15. The molecule has 0 heterocycles. The lowest BCUT2D eigenvalue weighted by Gasteiger charge is -2.19.